The Morgan fingerprint density at radius 1 is 1.40 bits per heavy atom. The molecule has 110 valence electrons. The van der Waals surface area contributed by atoms with Gasteiger partial charge >= 0.3 is 0 Å². The van der Waals surface area contributed by atoms with Crippen LogP contribution in [0.1, 0.15) is 18.3 Å². The highest BCUT2D eigenvalue weighted by Gasteiger charge is 2.23. The lowest BCUT2D eigenvalue weighted by Gasteiger charge is -2.37. The predicted octanol–water partition coefficient (Wildman–Crippen LogP) is 0.643. The molecular weight excluding hydrogens is 254 g/mol. The van der Waals surface area contributed by atoms with Crippen LogP contribution in [0, 0.1) is 6.92 Å². The smallest absolute Gasteiger partial charge is 0.156 e. The minimum absolute atomic E-state index is 0.0146. The van der Waals surface area contributed by atoms with E-state index < -0.39 is 0 Å². The second-order valence-corrected chi connectivity index (χ2v) is 5.28. The number of oxime groups is 1. The molecule has 3 N–H and O–H groups in total. The van der Waals surface area contributed by atoms with Gasteiger partial charge in [-0.2, -0.15) is 0 Å². The highest BCUT2D eigenvalue weighted by molar-refractivity contribution is 5.84. The molecule has 2 heterocycles. The van der Waals surface area contributed by atoms with Crippen molar-refractivity contribution >= 4 is 5.84 Å². The summed E-state index contributed by atoms with van der Waals surface area (Å²) < 4.78 is 0. The van der Waals surface area contributed by atoms with Crippen LogP contribution in [0.2, 0.25) is 0 Å². The standard InChI is InChI=1S/C14H23N5O/c1-11-4-3-5-13(16-11)10-18-6-8-19(9-7-18)12(2)14(15)17-20/h3-5,12,20H,6-10H2,1-2H3,(H2,15,17). The van der Waals surface area contributed by atoms with Crippen LogP contribution in [-0.4, -0.2) is 58.0 Å². The summed E-state index contributed by atoms with van der Waals surface area (Å²) in [6, 6.07) is 6.12. The summed E-state index contributed by atoms with van der Waals surface area (Å²) in [6.45, 7) is 8.64. The van der Waals surface area contributed by atoms with Gasteiger partial charge in [0.25, 0.3) is 0 Å². The molecule has 0 aromatic carbocycles. The van der Waals surface area contributed by atoms with E-state index in [1.807, 2.05) is 19.9 Å². The number of amidine groups is 1. The van der Waals surface area contributed by atoms with Crippen LogP contribution < -0.4 is 5.73 Å². The minimum atomic E-state index is -0.0146. The van der Waals surface area contributed by atoms with E-state index in [2.05, 4.69) is 32.1 Å². The molecule has 20 heavy (non-hydrogen) atoms. The van der Waals surface area contributed by atoms with E-state index >= 15 is 0 Å². The first-order valence-corrected chi connectivity index (χ1v) is 6.96. The fourth-order valence-electron chi connectivity index (χ4n) is 2.50. The Morgan fingerprint density at radius 2 is 2.10 bits per heavy atom. The zero-order valence-electron chi connectivity index (χ0n) is 12.2. The van der Waals surface area contributed by atoms with Crippen LogP contribution in [0.3, 0.4) is 0 Å². The van der Waals surface area contributed by atoms with Gasteiger partial charge in [-0.3, -0.25) is 14.8 Å². The quantitative estimate of drug-likeness (QED) is 0.365. The first-order valence-electron chi connectivity index (χ1n) is 6.96. The third-order valence-corrected chi connectivity index (χ3v) is 3.83. The summed E-state index contributed by atoms with van der Waals surface area (Å²) in [5.41, 5.74) is 7.83. The minimum Gasteiger partial charge on any atom is -0.409 e. The van der Waals surface area contributed by atoms with Gasteiger partial charge in [0.2, 0.25) is 0 Å². The SMILES string of the molecule is Cc1cccc(CN2CCN(C(C)C(N)=NO)CC2)n1. The summed E-state index contributed by atoms with van der Waals surface area (Å²) in [6.07, 6.45) is 0. The number of nitrogens with two attached hydrogens (primary N) is 1. The molecule has 0 radical (unpaired) electrons. The van der Waals surface area contributed by atoms with Gasteiger partial charge in [0.1, 0.15) is 0 Å². The molecular formula is C14H23N5O. The third kappa shape index (κ3) is 3.68. The Kier molecular flexibility index (Phi) is 4.92. The lowest BCUT2D eigenvalue weighted by atomic mass is 10.2. The fraction of sp³-hybridized carbons (Fsp3) is 0.571. The van der Waals surface area contributed by atoms with Gasteiger partial charge < -0.3 is 10.9 Å². The van der Waals surface area contributed by atoms with Gasteiger partial charge in [-0.05, 0) is 26.0 Å². The average molecular weight is 277 g/mol. The maximum atomic E-state index is 8.73. The molecule has 0 aliphatic carbocycles. The second kappa shape index (κ2) is 6.67. The number of hydrogen-bond donors (Lipinski definition) is 2. The molecule has 1 saturated heterocycles. The summed E-state index contributed by atoms with van der Waals surface area (Å²) >= 11 is 0. The second-order valence-electron chi connectivity index (χ2n) is 5.28. The monoisotopic (exact) mass is 277 g/mol. The van der Waals surface area contributed by atoms with Crippen molar-refractivity contribution in [3.05, 3.63) is 29.6 Å². The molecule has 1 aliphatic heterocycles. The maximum absolute atomic E-state index is 8.73. The Bertz CT molecular complexity index is 468. The van der Waals surface area contributed by atoms with Gasteiger partial charge in [-0.25, -0.2) is 0 Å². The molecule has 0 bridgehead atoms. The van der Waals surface area contributed by atoms with Gasteiger partial charge in [-0.1, -0.05) is 11.2 Å². The molecule has 6 nitrogen and oxygen atoms in total. The van der Waals surface area contributed by atoms with E-state index in [1.165, 1.54) is 0 Å². The summed E-state index contributed by atoms with van der Waals surface area (Å²) in [7, 11) is 0. The zero-order valence-corrected chi connectivity index (χ0v) is 12.2. The van der Waals surface area contributed by atoms with Crippen LogP contribution in [0.15, 0.2) is 23.4 Å². The van der Waals surface area contributed by atoms with E-state index in [0.29, 0.717) is 0 Å². The van der Waals surface area contributed by atoms with Crippen LogP contribution in [-0.2, 0) is 6.54 Å². The van der Waals surface area contributed by atoms with Gasteiger partial charge in [0.05, 0.1) is 11.7 Å². The fourth-order valence-corrected chi connectivity index (χ4v) is 2.50. The van der Waals surface area contributed by atoms with Crippen LogP contribution in [0.25, 0.3) is 0 Å². The van der Waals surface area contributed by atoms with Crippen LogP contribution >= 0.6 is 0 Å². The number of pyridine rings is 1. The highest BCUT2D eigenvalue weighted by atomic mass is 16.4. The molecule has 2 rings (SSSR count). The van der Waals surface area contributed by atoms with Crippen molar-refractivity contribution in [2.75, 3.05) is 26.2 Å². The normalized spacial score (nSPS) is 20.0. The topological polar surface area (TPSA) is 78.0 Å². The lowest BCUT2D eigenvalue weighted by molar-refractivity contribution is 0.115. The summed E-state index contributed by atoms with van der Waals surface area (Å²) in [4.78, 5) is 9.15. The predicted molar refractivity (Wildman–Crippen MR) is 78.7 cm³/mol. The molecule has 1 unspecified atom stereocenters. The van der Waals surface area contributed by atoms with Gasteiger partial charge in [0.15, 0.2) is 5.84 Å². The Balaban J connectivity index is 1.85. The highest BCUT2D eigenvalue weighted by Crippen LogP contribution is 2.10. The average Bonchev–Trinajstić information content (AvgIpc) is 2.46. The largest absolute Gasteiger partial charge is 0.409 e. The number of nitrogens with zero attached hydrogens (tertiary/aromatic N) is 4. The number of aryl methyl sites for hydroxylation is 1. The first-order chi connectivity index (χ1) is 9.60. The maximum Gasteiger partial charge on any atom is 0.156 e. The van der Waals surface area contributed by atoms with Crippen LogP contribution in [0.4, 0.5) is 0 Å². The Morgan fingerprint density at radius 3 is 2.70 bits per heavy atom. The van der Waals surface area contributed by atoms with Crippen molar-refractivity contribution in [1.29, 1.82) is 0 Å². The van der Waals surface area contributed by atoms with Crippen molar-refractivity contribution in [3.63, 3.8) is 0 Å². The number of piperazine rings is 1. The molecule has 0 spiro atoms. The van der Waals surface area contributed by atoms with Crippen molar-refractivity contribution < 1.29 is 5.21 Å². The number of aromatic nitrogens is 1. The molecule has 0 saturated carbocycles. The third-order valence-electron chi connectivity index (χ3n) is 3.83. The molecule has 1 aromatic heterocycles. The van der Waals surface area contributed by atoms with E-state index in [9.17, 15) is 0 Å². The summed E-state index contributed by atoms with van der Waals surface area (Å²) in [5, 5.41) is 11.8. The van der Waals surface area contributed by atoms with Crippen molar-refractivity contribution in [1.82, 2.24) is 14.8 Å². The van der Waals surface area contributed by atoms with Crippen molar-refractivity contribution in [2.45, 2.75) is 26.4 Å². The zero-order chi connectivity index (χ0) is 14.5. The lowest BCUT2D eigenvalue weighted by Crippen LogP contribution is -2.52. The van der Waals surface area contributed by atoms with E-state index in [1.54, 1.807) is 0 Å². The van der Waals surface area contributed by atoms with E-state index in [-0.39, 0.29) is 11.9 Å². The molecule has 1 aromatic rings. The van der Waals surface area contributed by atoms with Gasteiger partial charge in [-0.15, -0.1) is 0 Å². The Labute approximate surface area is 119 Å². The molecule has 1 fully saturated rings. The van der Waals surface area contributed by atoms with Crippen molar-refractivity contribution in [2.24, 2.45) is 10.9 Å². The molecule has 0 amide bonds. The van der Waals surface area contributed by atoms with E-state index in [0.717, 1.165) is 44.1 Å². The summed E-state index contributed by atoms with van der Waals surface area (Å²) in [5.74, 6) is 0.277. The van der Waals surface area contributed by atoms with Crippen molar-refractivity contribution in [3.8, 4) is 0 Å². The van der Waals surface area contributed by atoms with E-state index in [4.69, 9.17) is 10.9 Å². The molecule has 6 heteroatoms. The molecule has 1 atom stereocenters. The number of hydrogen-bond acceptors (Lipinski definition) is 5. The van der Waals surface area contributed by atoms with Gasteiger partial charge in [0, 0.05) is 38.4 Å². The number of rotatable bonds is 4. The molecule has 1 aliphatic rings. The first kappa shape index (κ1) is 14.7. The Hall–Kier alpha value is -1.66. The van der Waals surface area contributed by atoms with Crippen LogP contribution in [0.5, 0.6) is 0 Å².